The first kappa shape index (κ1) is 23.9. The Labute approximate surface area is 188 Å². The Bertz CT molecular complexity index is 1210. The van der Waals surface area contributed by atoms with Gasteiger partial charge in [-0.2, -0.15) is 0 Å². The normalized spacial score (nSPS) is 15.5. The molecule has 11 heteroatoms. The van der Waals surface area contributed by atoms with Crippen molar-refractivity contribution in [1.29, 1.82) is 0 Å². The molecule has 2 unspecified atom stereocenters. The van der Waals surface area contributed by atoms with E-state index in [1.165, 1.54) is 25.1 Å². The fourth-order valence-electron chi connectivity index (χ4n) is 3.40. The van der Waals surface area contributed by atoms with Gasteiger partial charge in [-0.05, 0) is 43.7 Å². The van der Waals surface area contributed by atoms with Crippen molar-refractivity contribution >= 4 is 31.5 Å². The van der Waals surface area contributed by atoms with Crippen molar-refractivity contribution in [2.24, 2.45) is 0 Å². The minimum Gasteiger partial charge on any atom is -0.486 e. The predicted molar refractivity (Wildman–Crippen MR) is 120 cm³/mol. The molecule has 0 bridgehead atoms. The average molecular weight is 483 g/mol. The van der Waals surface area contributed by atoms with Crippen LogP contribution in [0.1, 0.15) is 25.5 Å². The number of carbonyl (C=O) groups is 1. The number of hydrogen-bond acceptors (Lipinski definition) is 7. The van der Waals surface area contributed by atoms with Crippen LogP contribution < -0.4 is 19.1 Å². The molecular formula is C21H26N2O7S2. The molecule has 2 atom stereocenters. The highest BCUT2D eigenvalue weighted by molar-refractivity contribution is 7.92. The second-order valence-electron chi connectivity index (χ2n) is 7.63. The van der Waals surface area contributed by atoms with Gasteiger partial charge in [0.1, 0.15) is 19.3 Å². The lowest BCUT2D eigenvalue weighted by molar-refractivity contribution is -0.122. The van der Waals surface area contributed by atoms with Gasteiger partial charge < -0.3 is 14.8 Å². The second-order valence-corrected chi connectivity index (χ2v) is 11.5. The summed E-state index contributed by atoms with van der Waals surface area (Å²) in [7, 11) is -7.13. The number of benzene rings is 2. The standard InChI is InChI=1S/C21H26N2O7S2/c1-14(16-5-8-18(9-6-16)31(3,25)26)22-21(24)15(2)23(32(4,27)28)17-7-10-19-20(13-17)30-12-11-29-19/h5-10,13-15H,11-12H2,1-4H3,(H,22,24). The van der Waals surface area contributed by atoms with E-state index in [0.29, 0.717) is 30.3 Å². The molecule has 1 aliphatic heterocycles. The van der Waals surface area contributed by atoms with E-state index in [9.17, 15) is 21.6 Å². The van der Waals surface area contributed by atoms with Crippen LogP contribution in [0.2, 0.25) is 0 Å². The average Bonchev–Trinajstić information content (AvgIpc) is 2.72. The summed E-state index contributed by atoms with van der Waals surface area (Å²) in [6.45, 7) is 3.98. The smallest absolute Gasteiger partial charge is 0.244 e. The Morgan fingerprint density at radius 1 is 0.938 bits per heavy atom. The molecule has 0 spiro atoms. The van der Waals surface area contributed by atoms with Crippen molar-refractivity contribution < 1.29 is 31.1 Å². The van der Waals surface area contributed by atoms with Crippen molar-refractivity contribution in [1.82, 2.24) is 5.32 Å². The molecule has 3 rings (SSSR count). The van der Waals surface area contributed by atoms with Gasteiger partial charge in [-0.15, -0.1) is 0 Å². The highest BCUT2D eigenvalue weighted by Crippen LogP contribution is 2.35. The Kier molecular flexibility index (Phi) is 6.70. The van der Waals surface area contributed by atoms with Crippen LogP contribution in [-0.4, -0.2) is 54.5 Å². The van der Waals surface area contributed by atoms with Crippen LogP contribution in [0.3, 0.4) is 0 Å². The third-order valence-corrected chi connectivity index (χ3v) is 7.41. The lowest BCUT2D eigenvalue weighted by Crippen LogP contribution is -2.48. The number of amides is 1. The third kappa shape index (κ3) is 5.33. The lowest BCUT2D eigenvalue weighted by atomic mass is 10.1. The van der Waals surface area contributed by atoms with Crippen molar-refractivity contribution in [3.8, 4) is 11.5 Å². The monoisotopic (exact) mass is 482 g/mol. The number of anilines is 1. The van der Waals surface area contributed by atoms with Gasteiger partial charge in [0.2, 0.25) is 15.9 Å². The predicted octanol–water partition coefficient (Wildman–Crippen LogP) is 1.89. The number of fused-ring (bicyclic) bond motifs is 1. The number of sulfone groups is 1. The maximum absolute atomic E-state index is 12.9. The van der Waals surface area contributed by atoms with Gasteiger partial charge in [0.25, 0.3) is 0 Å². The van der Waals surface area contributed by atoms with E-state index in [0.717, 1.165) is 16.8 Å². The Balaban J connectivity index is 1.81. The van der Waals surface area contributed by atoms with Gasteiger partial charge in [-0.3, -0.25) is 9.10 Å². The molecule has 2 aromatic carbocycles. The Morgan fingerprint density at radius 2 is 1.53 bits per heavy atom. The van der Waals surface area contributed by atoms with Gasteiger partial charge in [-0.25, -0.2) is 16.8 Å². The van der Waals surface area contributed by atoms with E-state index in [2.05, 4.69) is 5.32 Å². The van der Waals surface area contributed by atoms with Crippen LogP contribution in [0.15, 0.2) is 47.4 Å². The van der Waals surface area contributed by atoms with Gasteiger partial charge in [0, 0.05) is 12.3 Å². The maximum Gasteiger partial charge on any atom is 0.244 e. The molecule has 0 saturated heterocycles. The summed E-state index contributed by atoms with van der Waals surface area (Å²) in [5.41, 5.74) is 0.966. The summed E-state index contributed by atoms with van der Waals surface area (Å²) in [4.78, 5) is 13.1. The SMILES string of the molecule is CC(NC(=O)C(C)N(c1ccc2c(c1)OCCO2)S(C)(=O)=O)c1ccc(S(C)(=O)=O)cc1. The zero-order chi connectivity index (χ0) is 23.7. The van der Waals surface area contributed by atoms with Crippen molar-refractivity contribution in [2.45, 2.75) is 30.8 Å². The molecule has 9 nitrogen and oxygen atoms in total. The van der Waals surface area contributed by atoms with Gasteiger partial charge >= 0.3 is 0 Å². The lowest BCUT2D eigenvalue weighted by Gasteiger charge is -2.30. The summed E-state index contributed by atoms with van der Waals surface area (Å²) in [5, 5.41) is 2.79. The van der Waals surface area contributed by atoms with E-state index in [1.807, 2.05) is 0 Å². The summed E-state index contributed by atoms with van der Waals surface area (Å²) < 4.78 is 60.4. The molecule has 1 aliphatic rings. The number of carbonyl (C=O) groups excluding carboxylic acids is 1. The molecule has 0 radical (unpaired) electrons. The number of sulfonamides is 1. The van der Waals surface area contributed by atoms with E-state index < -0.39 is 37.9 Å². The van der Waals surface area contributed by atoms with E-state index in [-0.39, 0.29) is 10.6 Å². The topological polar surface area (TPSA) is 119 Å². The number of nitrogens with one attached hydrogen (secondary N) is 1. The summed E-state index contributed by atoms with van der Waals surface area (Å²) in [6.07, 6.45) is 2.15. The van der Waals surface area contributed by atoms with E-state index in [1.54, 1.807) is 31.2 Å². The minimum absolute atomic E-state index is 0.176. The molecule has 0 saturated carbocycles. The van der Waals surface area contributed by atoms with Crippen LogP contribution in [0.5, 0.6) is 11.5 Å². The molecule has 1 amide bonds. The molecule has 0 aromatic heterocycles. The highest BCUT2D eigenvalue weighted by atomic mass is 32.2. The zero-order valence-corrected chi connectivity index (χ0v) is 19.9. The Morgan fingerprint density at radius 3 is 2.09 bits per heavy atom. The number of rotatable bonds is 7. The largest absolute Gasteiger partial charge is 0.486 e. The van der Waals surface area contributed by atoms with Crippen LogP contribution in [0.25, 0.3) is 0 Å². The quantitative estimate of drug-likeness (QED) is 0.640. The zero-order valence-electron chi connectivity index (χ0n) is 18.2. The third-order valence-electron chi connectivity index (χ3n) is 5.04. The maximum atomic E-state index is 12.9. The molecule has 1 heterocycles. The molecule has 32 heavy (non-hydrogen) atoms. The van der Waals surface area contributed by atoms with E-state index >= 15 is 0 Å². The molecule has 174 valence electrons. The first-order valence-electron chi connectivity index (χ1n) is 9.87. The number of ether oxygens (including phenoxy) is 2. The number of nitrogens with zero attached hydrogens (tertiary/aromatic N) is 1. The molecule has 2 aromatic rings. The van der Waals surface area contributed by atoms with Crippen LogP contribution in [0.4, 0.5) is 5.69 Å². The van der Waals surface area contributed by atoms with E-state index in [4.69, 9.17) is 9.47 Å². The fourth-order valence-corrected chi connectivity index (χ4v) is 5.20. The van der Waals surface area contributed by atoms with Crippen LogP contribution in [0, 0.1) is 0 Å². The fraction of sp³-hybridized carbons (Fsp3) is 0.381. The van der Waals surface area contributed by atoms with Crippen LogP contribution in [-0.2, 0) is 24.7 Å². The van der Waals surface area contributed by atoms with Crippen molar-refractivity contribution in [3.05, 3.63) is 48.0 Å². The summed E-state index contributed by atoms with van der Waals surface area (Å²) in [5.74, 6) is 0.413. The molecular weight excluding hydrogens is 456 g/mol. The molecule has 0 fully saturated rings. The first-order valence-corrected chi connectivity index (χ1v) is 13.6. The molecule has 1 N–H and O–H groups in total. The first-order chi connectivity index (χ1) is 14.9. The highest BCUT2D eigenvalue weighted by Gasteiger charge is 2.31. The summed E-state index contributed by atoms with van der Waals surface area (Å²) >= 11 is 0. The van der Waals surface area contributed by atoms with Crippen LogP contribution >= 0.6 is 0 Å². The minimum atomic E-state index is -3.80. The number of hydrogen-bond donors (Lipinski definition) is 1. The van der Waals surface area contributed by atoms with Gasteiger partial charge in [0.05, 0.1) is 22.9 Å². The van der Waals surface area contributed by atoms with Gasteiger partial charge in [-0.1, -0.05) is 12.1 Å². The van der Waals surface area contributed by atoms with Crippen molar-refractivity contribution in [2.75, 3.05) is 30.0 Å². The summed E-state index contributed by atoms with van der Waals surface area (Å²) in [6, 6.07) is 9.34. The Hall–Kier alpha value is -2.79. The second kappa shape index (κ2) is 8.99. The molecule has 0 aliphatic carbocycles. The van der Waals surface area contributed by atoms with Crippen molar-refractivity contribution in [3.63, 3.8) is 0 Å². The van der Waals surface area contributed by atoms with Gasteiger partial charge in [0.15, 0.2) is 21.3 Å².